The Bertz CT molecular complexity index is 432. The van der Waals surface area contributed by atoms with E-state index in [1.165, 1.54) is 24.0 Å². The van der Waals surface area contributed by atoms with Gasteiger partial charge in [-0.3, -0.25) is 4.79 Å². The maximum atomic E-state index is 12.5. The summed E-state index contributed by atoms with van der Waals surface area (Å²) in [5, 5.41) is 0. The molecule has 19 heavy (non-hydrogen) atoms. The van der Waals surface area contributed by atoms with E-state index in [-0.39, 0.29) is 12.0 Å². The lowest BCUT2D eigenvalue weighted by molar-refractivity contribution is -0.123. The van der Waals surface area contributed by atoms with Gasteiger partial charge in [0.25, 0.3) is 0 Å². The summed E-state index contributed by atoms with van der Waals surface area (Å²) in [4.78, 5) is 12.5. The third-order valence-corrected chi connectivity index (χ3v) is 4.14. The molecular formula is C17H25NO. The minimum absolute atomic E-state index is 0.0703. The molecule has 0 aromatic heterocycles. The predicted molar refractivity (Wildman–Crippen MR) is 79.2 cm³/mol. The molecule has 0 heterocycles. The molecule has 2 atom stereocenters. The van der Waals surface area contributed by atoms with Gasteiger partial charge in [-0.1, -0.05) is 48.6 Å². The minimum atomic E-state index is 0.0703. The number of hydrogen-bond acceptors (Lipinski definition) is 2. The van der Waals surface area contributed by atoms with Crippen molar-refractivity contribution in [3.63, 3.8) is 0 Å². The standard InChI is InChI=1S/C17H25NO/c1-12-8-13(2)10-14(9-12)11-17(19)15-6-4-3-5-7-16(15)18/h8-10,15-16H,3-7,11,18H2,1-2H3. The number of Topliss-reactive ketones (excluding diaryl/α,β-unsaturated/α-hetero) is 1. The highest BCUT2D eigenvalue weighted by atomic mass is 16.1. The quantitative estimate of drug-likeness (QED) is 0.846. The zero-order chi connectivity index (χ0) is 13.8. The Kier molecular flexibility index (Phi) is 4.76. The number of benzene rings is 1. The molecule has 2 unspecified atom stereocenters. The molecule has 1 aromatic rings. The van der Waals surface area contributed by atoms with Crippen LogP contribution in [0.4, 0.5) is 0 Å². The number of aryl methyl sites for hydroxylation is 2. The second kappa shape index (κ2) is 6.33. The zero-order valence-electron chi connectivity index (χ0n) is 12.1. The molecule has 1 aliphatic carbocycles. The Balaban J connectivity index is 2.06. The lowest BCUT2D eigenvalue weighted by Crippen LogP contribution is -2.35. The summed E-state index contributed by atoms with van der Waals surface area (Å²) in [5.74, 6) is 0.405. The van der Waals surface area contributed by atoms with Crippen LogP contribution < -0.4 is 5.73 Å². The average Bonchev–Trinajstić information content (AvgIpc) is 2.52. The zero-order valence-corrected chi connectivity index (χ0v) is 12.1. The first kappa shape index (κ1) is 14.3. The lowest BCUT2D eigenvalue weighted by atomic mass is 9.87. The maximum Gasteiger partial charge on any atom is 0.141 e. The van der Waals surface area contributed by atoms with Gasteiger partial charge in [-0.25, -0.2) is 0 Å². The van der Waals surface area contributed by atoms with E-state index in [0.29, 0.717) is 12.2 Å². The molecule has 0 bridgehead atoms. The Morgan fingerprint density at radius 1 is 1.11 bits per heavy atom. The van der Waals surface area contributed by atoms with Crippen LogP contribution in [0, 0.1) is 19.8 Å². The van der Waals surface area contributed by atoms with Crippen molar-refractivity contribution >= 4 is 5.78 Å². The monoisotopic (exact) mass is 259 g/mol. The normalized spacial score (nSPS) is 23.9. The van der Waals surface area contributed by atoms with Crippen LogP contribution in [0.1, 0.15) is 48.8 Å². The number of nitrogens with two attached hydrogens (primary N) is 1. The fourth-order valence-corrected chi connectivity index (χ4v) is 3.24. The molecule has 1 fully saturated rings. The van der Waals surface area contributed by atoms with E-state index in [2.05, 4.69) is 32.0 Å². The highest BCUT2D eigenvalue weighted by Gasteiger charge is 2.26. The van der Waals surface area contributed by atoms with Gasteiger partial charge >= 0.3 is 0 Å². The summed E-state index contributed by atoms with van der Waals surface area (Å²) in [6, 6.07) is 6.45. The molecular weight excluding hydrogens is 234 g/mol. The summed E-state index contributed by atoms with van der Waals surface area (Å²) in [5.41, 5.74) is 9.77. The lowest BCUT2D eigenvalue weighted by Gasteiger charge is -2.20. The van der Waals surface area contributed by atoms with Gasteiger partial charge in [0.1, 0.15) is 5.78 Å². The predicted octanol–water partition coefficient (Wildman–Crippen LogP) is 3.32. The average molecular weight is 259 g/mol. The summed E-state index contributed by atoms with van der Waals surface area (Å²) in [6.45, 7) is 4.16. The molecule has 0 amide bonds. The number of carbonyl (C=O) groups excluding carboxylic acids is 1. The molecule has 2 heteroatoms. The third-order valence-electron chi connectivity index (χ3n) is 4.14. The highest BCUT2D eigenvalue weighted by Crippen LogP contribution is 2.24. The minimum Gasteiger partial charge on any atom is -0.327 e. The largest absolute Gasteiger partial charge is 0.327 e. The Morgan fingerprint density at radius 2 is 1.74 bits per heavy atom. The number of carbonyl (C=O) groups is 1. The van der Waals surface area contributed by atoms with Crippen molar-refractivity contribution in [3.8, 4) is 0 Å². The van der Waals surface area contributed by atoms with Crippen molar-refractivity contribution in [2.75, 3.05) is 0 Å². The SMILES string of the molecule is Cc1cc(C)cc(CC(=O)C2CCCCCC2N)c1. The van der Waals surface area contributed by atoms with E-state index in [1.54, 1.807) is 0 Å². The highest BCUT2D eigenvalue weighted by molar-refractivity contribution is 5.84. The summed E-state index contributed by atoms with van der Waals surface area (Å²) in [7, 11) is 0. The third kappa shape index (κ3) is 3.90. The Hall–Kier alpha value is -1.15. The van der Waals surface area contributed by atoms with Gasteiger partial charge in [0.05, 0.1) is 0 Å². The molecule has 0 saturated heterocycles. The van der Waals surface area contributed by atoms with E-state index >= 15 is 0 Å². The summed E-state index contributed by atoms with van der Waals surface area (Å²) in [6.07, 6.45) is 6.07. The van der Waals surface area contributed by atoms with Crippen LogP contribution in [-0.2, 0) is 11.2 Å². The van der Waals surface area contributed by atoms with E-state index in [4.69, 9.17) is 5.73 Å². The van der Waals surface area contributed by atoms with Crippen LogP contribution in [-0.4, -0.2) is 11.8 Å². The number of hydrogen-bond donors (Lipinski definition) is 1. The van der Waals surface area contributed by atoms with Crippen LogP contribution in [0.2, 0.25) is 0 Å². The Labute approximate surface area is 116 Å². The molecule has 1 aliphatic rings. The van der Waals surface area contributed by atoms with Gasteiger partial charge in [-0.05, 0) is 32.3 Å². The number of rotatable bonds is 3. The molecule has 0 aliphatic heterocycles. The Morgan fingerprint density at radius 3 is 2.42 bits per heavy atom. The van der Waals surface area contributed by atoms with Crippen LogP contribution in [0.15, 0.2) is 18.2 Å². The molecule has 2 nitrogen and oxygen atoms in total. The van der Waals surface area contributed by atoms with Crippen molar-refractivity contribution < 1.29 is 4.79 Å². The molecule has 1 aromatic carbocycles. The van der Waals surface area contributed by atoms with E-state index < -0.39 is 0 Å². The molecule has 2 N–H and O–H groups in total. The second-order valence-electron chi connectivity index (χ2n) is 6.05. The smallest absolute Gasteiger partial charge is 0.141 e. The first-order chi connectivity index (χ1) is 9.06. The van der Waals surface area contributed by atoms with Crippen LogP contribution in [0.3, 0.4) is 0 Å². The maximum absolute atomic E-state index is 12.5. The van der Waals surface area contributed by atoms with Crippen molar-refractivity contribution in [2.45, 2.75) is 58.4 Å². The van der Waals surface area contributed by atoms with Crippen LogP contribution in [0.5, 0.6) is 0 Å². The van der Waals surface area contributed by atoms with E-state index in [0.717, 1.165) is 24.8 Å². The molecule has 1 saturated carbocycles. The second-order valence-corrected chi connectivity index (χ2v) is 6.05. The summed E-state index contributed by atoms with van der Waals surface area (Å²) >= 11 is 0. The molecule has 0 radical (unpaired) electrons. The first-order valence-corrected chi connectivity index (χ1v) is 7.42. The van der Waals surface area contributed by atoms with Gasteiger partial charge in [0.15, 0.2) is 0 Å². The van der Waals surface area contributed by atoms with Crippen LogP contribution in [0.25, 0.3) is 0 Å². The topological polar surface area (TPSA) is 43.1 Å². The van der Waals surface area contributed by atoms with Crippen molar-refractivity contribution in [1.82, 2.24) is 0 Å². The molecule has 0 spiro atoms. The molecule has 104 valence electrons. The van der Waals surface area contributed by atoms with E-state index in [9.17, 15) is 4.79 Å². The number of ketones is 1. The van der Waals surface area contributed by atoms with Crippen molar-refractivity contribution in [3.05, 3.63) is 34.9 Å². The van der Waals surface area contributed by atoms with Gasteiger partial charge in [0, 0.05) is 18.4 Å². The fourth-order valence-electron chi connectivity index (χ4n) is 3.24. The van der Waals surface area contributed by atoms with Crippen LogP contribution >= 0.6 is 0 Å². The van der Waals surface area contributed by atoms with Crippen molar-refractivity contribution in [2.24, 2.45) is 11.7 Å². The summed E-state index contributed by atoms with van der Waals surface area (Å²) < 4.78 is 0. The van der Waals surface area contributed by atoms with Gasteiger partial charge in [-0.2, -0.15) is 0 Å². The van der Waals surface area contributed by atoms with Gasteiger partial charge in [0.2, 0.25) is 0 Å². The molecule has 2 rings (SSSR count). The van der Waals surface area contributed by atoms with E-state index in [1.807, 2.05) is 0 Å². The van der Waals surface area contributed by atoms with Gasteiger partial charge < -0.3 is 5.73 Å². The van der Waals surface area contributed by atoms with Gasteiger partial charge in [-0.15, -0.1) is 0 Å². The first-order valence-electron chi connectivity index (χ1n) is 7.42. The van der Waals surface area contributed by atoms with Crippen molar-refractivity contribution in [1.29, 1.82) is 0 Å². The fraction of sp³-hybridized carbons (Fsp3) is 0.588.